The molecule has 18 heavy (non-hydrogen) atoms. The van der Waals surface area contributed by atoms with Gasteiger partial charge < -0.3 is 4.98 Å². The van der Waals surface area contributed by atoms with E-state index in [1.165, 1.54) is 0 Å². The topological polar surface area (TPSA) is 70.7 Å². The Labute approximate surface area is 103 Å². The highest BCUT2D eigenvalue weighted by atomic mass is 16.1. The number of rotatable bonds is 2. The van der Waals surface area contributed by atoms with Crippen LogP contribution in [0.2, 0.25) is 0 Å². The molecule has 0 aliphatic rings. The standard InChI is InChI=1S/C13H10N4O/c18-12(17-13-15-6-7-16-13)10-3-4-11-9(8-10)2-1-5-14-11/h1-8H,(H2,15,16,17,18). The molecule has 88 valence electrons. The largest absolute Gasteiger partial charge is 0.331 e. The zero-order chi connectivity index (χ0) is 12.4. The number of aromatic amines is 1. The van der Waals surface area contributed by atoms with E-state index in [1.807, 2.05) is 18.2 Å². The van der Waals surface area contributed by atoms with Crippen molar-refractivity contribution in [3.63, 3.8) is 0 Å². The number of amides is 1. The molecule has 2 heterocycles. The molecule has 2 aromatic heterocycles. The van der Waals surface area contributed by atoms with E-state index < -0.39 is 0 Å². The van der Waals surface area contributed by atoms with Crippen molar-refractivity contribution < 1.29 is 4.79 Å². The highest BCUT2D eigenvalue weighted by Gasteiger charge is 2.07. The highest BCUT2D eigenvalue weighted by Crippen LogP contribution is 2.14. The number of hydrogen-bond acceptors (Lipinski definition) is 3. The number of nitrogens with one attached hydrogen (secondary N) is 2. The Morgan fingerprint density at radius 1 is 1.17 bits per heavy atom. The smallest absolute Gasteiger partial charge is 0.257 e. The van der Waals surface area contributed by atoms with E-state index in [2.05, 4.69) is 20.3 Å². The lowest BCUT2D eigenvalue weighted by Crippen LogP contribution is -2.12. The minimum atomic E-state index is -0.198. The van der Waals surface area contributed by atoms with Crippen LogP contribution < -0.4 is 5.32 Å². The van der Waals surface area contributed by atoms with Gasteiger partial charge in [-0.15, -0.1) is 0 Å². The number of hydrogen-bond donors (Lipinski definition) is 2. The second-order valence-electron chi connectivity index (χ2n) is 3.80. The van der Waals surface area contributed by atoms with E-state index in [0.29, 0.717) is 11.5 Å². The normalized spacial score (nSPS) is 10.4. The van der Waals surface area contributed by atoms with E-state index in [0.717, 1.165) is 10.9 Å². The number of benzene rings is 1. The fraction of sp³-hybridized carbons (Fsp3) is 0. The number of carbonyl (C=O) groups is 1. The molecule has 1 amide bonds. The molecule has 0 atom stereocenters. The molecule has 5 heteroatoms. The van der Waals surface area contributed by atoms with Crippen molar-refractivity contribution in [3.05, 3.63) is 54.5 Å². The van der Waals surface area contributed by atoms with Crippen LogP contribution >= 0.6 is 0 Å². The molecular formula is C13H10N4O. The number of anilines is 1. The lowest BCUT2D eigenvalue weighted by molar-refractivity contribution is 0.102. The third-order valence-electron chi connectivity index (χ3n) is 2.60. The molecule has 0 bridgehead atoms. The van der Waals surface area contributed by atoms with Gasteiger partial charge in [-0.05, 0) is 24.3 Å². The zero-order valence-corrected chi connectivity index (χ0v) is 9.42. The monoisotopic (exact) mass is 238 g/mol. The van der Waals surface area contributed by atoms with Gasteiger partial charge in [-0.1, -0.05) is 6.07 Å². The van der Waals surface area contributed by atoms with E-state index in [-0.39, 0.29) is 5.91 Å². The Morgan fingerprint density at radius 3 is 2.94 bits per heavy atom. The minimum Gasteiger partial charge on any atom is -0.331 e. The maximum Gasteiger partial charge on any atom is 0.257 e. The molecular weight excluding hydrogens is 228 g/mol. The molecule has 0 fully saturated rings. The fourth-order valence-corrected chi connectivity index (χ4v) is 1.73. The maximum atomic E-state index is 12.0. The van der Waals surface area contributed by atoms with Crippen molar-refractivity contribution in [2.24, 2.45) is 0 Å². The average molecular weight is 238 g/mol. The number of aromatic nitrogens is 3. The number of fused-ring (bicyclic) bond motifs is 1. The Kier molecular flexibility index (Phi) is 2.49. The van der Waals surface area contributed by atoms with Gasteiger partial charge in [0.25, 0.3) is 5.91 Å². The van der Waals surface area contributed by atoms with Gasteiger partial charge in [-0.3, -0.25) is 15.1 Å². The predicted molar refractivity (Wildman–Crippen MR) is 68.3 cm³/mol. The van der Waals surface area contributed by atoms with Gasteiger partial charge in [0.05, 0.1) is 5.52 Å². The molecule has 0 spiro atoms. The first-order valence-corrected chi connectivity index (χ1v) is 5.48. The number of nitrogens with zero attached hydrogens (tertiary/aromatic N) is 2. The Hall–Kier alpha value is -2.69. The van der Waals surface area contributed by atoms with Crippen LogP contribution in [-0.4, -0.2) is 20.9 Å². The molecule has 5 nitrogen and oxygen atoms in total. The number of carbonyl (C=O) groups excluding carboxylic acids is 1. The summed E-state index contributed by atoms with van der Waals surface area (Å²) in [5.41, 5.74) is 1.44. The first kappa shape index (κ1) is 10.5. The second-order valence-corrected chi connectivity index (χ2v) is 3.80. The van der Waals surface area contributed by atoms with Crippen LogP contribution in [0.5, 0.6) is 0 Å². The van der Waals surface area contributed by atoms with E-state index in [1.54, 1.807) is 30.7 Å². The average Bonchev–Trinajstić information content (AvgIpc) is 2.91. The van der Waals surface area contributed by atoms with Crippen molar-refractivity contribution in [3.8, 4) is 0 Å². The van der Waals surface area contributed by atoms with Crippen LogP contribution in [0.3, 0.4) is 0 Å². The molecule has 1 aromatic carbocycles. The quantitative estimate of drug-likeness (QED) is 0.719. The molecule has 0 aliphatic heterocycles. The van der Waals surface area contributed by atoms with Gasteiger partial charge in [0.1, 0.15) is 0 Å². The summed E-state index contributed by atoms with van der Waals surface area (Å²) < 4.78 is 0. The summed E-state index contributed by atoms with van der Waals surface area (Å²) in [6.45, 7) is 0. The SMILES string of the molecule is O=C(Nc1ncc[nH]1)c1ccc2ncccc2c1. The maximum absolute atomic E-state index is 12.0. The molecule has 3 aromatic rings. The van der Waals surface area contributed by atoms with Gasteiger partial charge in [-0.2, -0.15) is 0 Å². The summed E-state index contributed by atoms with van der Waals surface area (Å²) in [5, 5.41) is 3.61. The lowest BCUT2D eigenvalue weighted by Gasteiger charge is -2.03. The van der Waals surface area contributed by atoms with E-state index >= 15 is 0 Å². The first-order valence-electron chi connectivity index (χ1n) is 5.48. The van der Waals surface area contributed by atoms with Crippen LogP contribution in [0, 0.1) is 0 Å². The van der Waals surface area contributed by atoms with Gasteiger partial charge in [0, 0.05) is 29.5 Å². The van der Waals surface area contributed by atoms with Crippen molar-refractivity contribution in [1.82, 2.24) is 15.0 Å². The van der Waals surface area contributed by atoms with Gasteiger partial charge in [0.15, 0.2) is 0 Å². The van der Waals surface area contributed by atoms with Crippen LogP contribution in [0.25, 0.3) is 10.9 Å². The fourth-order valence-electron chi connectivity index (χ4n) is 1.73. The van der Waals surface area contributed by atoms with Gasteiger partial charge in [-0.25, -0.2) is 4.98 Å². The Balaban J connectivity index is 1.92. The van der Waals surface area contributed by atoms with Crippen molar-refractivity contribution >= 4 is 22.8 Å². The van der Waals surface area contributed by atoms with Gasteiger partial charge in [0.2, 0.25) is 5.95 Å². The van der Waals surface area contributed by atoms with Crippen molar-refractivity contribution in [2.45, 2.75) is 0 Å². The zero-order valence-electron chi connectivity index (χ0n) is 9.42. The molecule has 2 N–H and O–H groups in total. The van der Waals surface area contributed by atoms with Crippen LogP contribution in [-0.2, 0) is 0 Å². The highest BCUT2D eigenvalue weighted by molar-refractivity contribution is 6.05. The number of imidazole rings is 1. The summed E-state index contributed by atoms with van der Waals surface area (Å²) in [5.74, 6) is 0.238. The summed E-state index contributed by atoms with van der Waals surface area (Å²) in [7, 11) is 0. The molecule has 0 unspecified atom stereocenters. The first-order chi connectivity index (χ1) is 8.83. The second kappa shape index (κ2) is 4.29. The minimum absolute atomic E-state index is 0.198. The number of H-pyrrole nitrogens is 1. The summed E-state index contributed by atoms with van der Waals surface area (Å²) in [6, 6.07) is 9.14. The predicted octanol–water partition coefficient (Wildman–Crippen LogP) is 2.21. The van der Waals surface area contributed by atoms with Crippen LogP contribution in [0.1, 0.15) is 10.4 Å². The number of pyridine rings is 1. The molecule has 0 radical (unpaired) electrons. The summed E-state index contributed by atoms with van der Waals surface area (Å²) in [4.78, 5) is 22.9. The lowest BCUT2D eigenvalue weighted by atomic mass is 10.1. The summed E-state index contributed by atoms with van der Waals surface area (Å²) >= 11 is 0. The Morgan fingerprint density at radius 2 is 2.11 bits per heavy atom. The van der Waals surface area contributed by atoms with E-state index in [9.17, 15) is 4.79 Å². The van der Waals surface area contributed by atoms with Crippen LogP contribution in [0.4, 0.5) is 5.95 Å². The van der Waals surface area contributed by atoms with Crippen molar-refractivity contribution in [1.29, 1.82) is 0 Å². The van der Waals surface area contributed by atoms with Crippen LogP contribution in [0.15, 0.2) is 48.9 Å². The third kappa shape index (κ3) is 1.93. The van der Waals surface area contributed by atoms with Crippen molar-refractivity contribution in [2.75, 3.05) is 5.32 Å². The molecule has 0 saturated carbocycles. The molecule has 3 rings (SSSR count). The molecule has 0 aliphatic carbocycles. The van der Waals surface area contributed by atoms with Gasteiger partial charge >= 0.3 is 0 Å². The molecule has 0 saturated heterocycles. The summed E-state index contributed by atoms with van der Waals surface area (Å²) in [6.07, 6.45) is 4.96. The third-order valence-corrected chi connectivity index (χ3v) is 2.60. The Bertz CT molecular complexity index is 691. The van der Waals surface area contributed by atoms with E-state index in [4.69, 9.17) is 0 Å².